The van der Waals surface area contributed by atoms with Gasteiger partial charge >= 0.3 is 0 Å². The van der Waals surface area contributed by atoms with Gasteiger partial charge in [0.2, 0.25) is 5.91 Å². The van der Waals surface area contributed by atoms with Crippen LogP contribution in [-0.4, -0.2) is 25.0 Å². The molecule has 1 atom stereocenters. The third-order valence-corrected chi connectivity index (χ3v) is 5.51. The Hall–Kier alpha value is -2.24. The van der Waals surface area contributed by atoms with Crippen molar-refractivity contribution in [3.63, 3.8) is 0 Å². The number of nitrogens with zero attached hydrogens (tertiary/aromatic N) is 1. The molecule has 0 aliphatic carbocycles. The molecule has 0 saturated heterocycles. The van der Waals surface area contributed by atoms with Crippen LogP contribution in [0.15, 0.2) is 30.3 Å². The van der Waals surface area contributed by atoms with Gasteiger partial charge < -0.3 is 15.0 Å². The zero-order chi connectivity index (χ0) is 18.4. The summed E-state index contributed by atoms with van der Waals surface area (Å²) in [4.78, 5) is 26.0. The Bertz CT molecular complexity index is 929. The molecule has 2 aromatic rings. The number of benzene rings is 2. The number of fused-ring (bicyclic) bond motifs is 2. The average Bonchev–Trinajstić information content (AvgIpc) is 2.62. The number of likely N-dealkylation sites (N-methyl/N-ethyl adjacent to an activating group) is 1. The molecule has 0 aromatic heterocycles. The molecular formula is C19H16Cl2N2O3. The first kappa shape index (κ1) is 17.2. The predicted molar refractivity (Wildman–Crippen MR) is 102 cm³/mol. The van der Waals surface area contributed by atoms with Gasteiger partial charge in [-0.1, -0.05) is 29.3 Å². The number of halogens is 2. The highest BCUT2D eigenvalue weighted by atomic mass is 35.5. The van der Waals surface area contributed by atoms with Gasteiger partial charge in [-0.15, -0.1) is 0 Å². The predicted octanol–water partition coefficient (Wildman–Crippen LogP) is 4.21. The summed E-state index contributed by atoms with van der Waals surface area (Å²) < 4.78 is 5.64. The van der Waals surface area contributed by atoms with Crippen LogP contribution in [-0.2, 0) is 9.59 Å². The number of hydrogen-bond acceptors (Lipinski definition) is 3. The molecular weight excluding hydrogens is 375 g/mol. The lowest BCUT2D eigenvalue weighted by Gasteiger charge is -2.33. The van der Waals surface area contributed by atoms with E-state index in [4.69, 9.17) is 27.9 Å². The number of amides is 2. The van der Waals surface area contributed by atoms with Crippen molar-refractivity contribution in [3.8, 4) is 5.75 Å². The molecule has 0 fully saturated rings. The first-order valence-corrected chi connectivity index (χ1v) is 9.09. The van der Waals surface area contributed by atoms with E-state index in [1.165, 1.54) is 0 Å². The van der Waals surface area contributed by atoms with Crippen LogP contribution >= 0.6 is 23.2 Å². The maximum Gasteiger partial charge on any atom is 0.265 e. The fourth-order valence-corrected chi connectivity index (χ4v) is 3.84. The minimum atomic E-state index is -0.157. The van der Waals surface area contributed by atoms with Crippen molar-refractivity contribution in [2.75, 3.05) is 23.4 Å². The van der Waals surface area contributed by atoms with Crippen LogP contribution in [0.2, 0.25) is 10.0 Å². The summed E-state index contributed by atoms with van der Waals surface area (Å²) in [5.41, 5.74) is 3.22. The molecule has 4 rings (SSSR count). The monoisotopic (exact) mass is 390 g/mol. The third-order valence-electron chi connectivity index (χ3n) is 4.78. The largest absolute Gasteiger partial charge is 0.482 e. The lowest BCUT2D eigenvalue weighted by Crippen LogP contribution is -2.39. The molecule has 0 radical (unpaired) electrons. The van der Waals surface area contributed by atoms with Gasteiger partial charge in [0.15, 0.2) is 6.61 Å². The number of hydrogen-bond donors (Lipinski definition) is 1. The lowest BCUT2D eigenvalue weighted by atomic mass is 9.84. The number of rotatable bonds is 2. The Kier molecular flexibility index (Phi) is 4.29. The van der Waals surface area contributed by atoms with Crippen molar-refractivity contribution in [1.29, 1.82) is 0 Å². The van der Waals surface area contributed by atoms with E-state index in [9.17, 15) is 9.59 Å². The highest BCUT2D eigenvalue weighted by Gasteiger charge is 2.32. The van der Waals surface area contributed by atoms with E-state index in [0.717, 1.165) is 11.1 Å². The fourth-order valence-electron chi connectivity index (χ4n) is 3.53. The molecule has 26 heavy (non-hydrogen) atoms. The Labute approximate surface area is 160 Å². The number of anilines is 2. The molecule has 2 aromatic carbocycles. The standard InChI is InChI=1S/C19H16Cl2N2O3/c1-2-23-16-8-15-12(6-17(16)26-9-19(23)25)11(7-18(24)22-15)10-3-4-13(20)14(21)5-10/h3-6,8,11H,2,7,9H2,1H3,(H,22,24). The van der Waals surface area contributed by atoms with Gasteiger partial charge in [-0.25, -0.2) is 0 Å². The Morgan fingerprint density at radius 2 is 2.00 bits per heavy atom. The number of carbonyl (C=O) groups is 2. The maximum absolute atomic E-state index is 12.3. The number of carbonyl (C=O) groups excluding carboxylic acids is 2. The van der Waals surface area contributed by atoms with Crippen LogP contribution in [0.3, 0.4) is 0 Å². The van der Waals surface area contributed by atoms with Gasteiger partial charge in [-0.2, -0.15) is 0 Å². The number of nitrogens with one attached hydrogen (secondary N) is 1. The van der Waals surface area contributed by atoms with Crippen molar-refractivity contribution in [2.24, 2.45) is 0 Å². The van der Waals surface area contributed by atoms with Gasteiger partial charge in [-0.05, 0) is 42.3 Å². The minimum Gasteiger partial charge on any atom is -0.482 e. The second-order valence-electron chi connectivity index (χ2n) is 6.31. The van der Waals surface area contributed by atoms with E-state index in [-0.39, 0.29) is 24.3 Å². The third kappa shape index (κ3) is 2.81. The molecule has 2 heterocycles. The molecule has 1 N–H and O–H groups in total. The summed E-state index contributed by atoms with van der Waals surface area (Å²) in [7, 11) is 0. The zero-order valence-electron chi connectivity index (χ0n) is 14.0. The normalized spacial score (nSPS) is 18.7. The van der Waals surface area contributed by atoms with Crippen molar-refractivity contribution >= 4 is 46.4 Å². The van der Waals surface area contributed by atoms with E-state index in [0.29, 0.717) is 40.1 Å². The van der Waals surface area contributed by atoms with Crippen molar-refractivity contribution in [1.82, 2.24) is 0 Å². The van der Waals surface area contributed by atoms with Crippen molar-refractivity contribution in [3.05, 3.63) is 51.5 Å². The highest BCUT2D eigenvalue weighted by molar-refractivity contribution is 6.42. The fraction of sp³-hybridized carbons (Fsp3) is 0.263. The Morgan fingerprint density at radius 3 is 2.73 bits per heavy atom. The molecule has 2 aliphatic rings. The van der Waals surface area contributed by atoms with Gasteiger partial charge in [-0.3, -0.25) is 9.59 Å². The average molecular weight is 391 g/mol. The lowest BCUT2D eigenvalue weighted by molar-refractivity contribution is -0.121. The second-order valence-corrected chi connectivity index (χ2v) is 7.13. The molecule has 7 heteroatoms. The van der Waals surface area contributed by atoms with Crippen LogP contribution in [0.4, 0.5) is 11.4 Å². The summed E-state index contributed by atoms with van der Waals surface area (Å²) in [6.07, 6.45) is 0.306. The van der Waals surface area contributed by atoms with Crippen LogP contribution < -0.4 is 15.0 Å². The molecule has 5 nitrogen and oxygen atoms in total. The van der Waals surface area contributed by atoms with E-state index < -0.39 is 0 Å². The molecule has 2 aliphatic heterocycles. The van der Waals surface area contributed by atoms with Crippen LogP contribution in [0.25, 0.3) is 0 Å². The van der Waals surface area contributed by atoms with Gasteiger partial charge in [0.25, 0.3) is 5.91 Å². The molecule has 134 valence electrons. The van der Waals surface area contributed by atoms with E-state index in [1.807, 2.05) is 25.1 Å². The van der Waals surface area contributed by atoms with Crippen LogP contribution in [0.1, 0.15) is 30.4 Å². The molecule has 0 bridgehead atoms. The van der Waals surface area contributed by atoms with Crippen LogP contribution in [0, 0.1) is 0 Å². The summed E-state index contributed by atoms with van der Waals surface area (Å²) in [6, 6.07) is 9.12. The van der Waals surface area contributed by atoms with Crippen molar-refractivity contribution < 1.29 is 14.3 Å². The topological polar surface area (TPSA) is 58.6 Å². The van der Waals surface area contributed by atoms with E-state index in [2.05, 4.69) is 5.32 Å². The summed E-state index contributed by atoms with van der Waals surface area (Å²) in [6.45, 7) is 2.46. The maximum atomic E-state index is 12.3. The molecule has 0 saturated carbocycles. The highest BCUT2D eigenvalue weighted by Crippen LogP contribution is 2.45. The molecule has 1 unspecified atom stereocenters. The minimum absolute atomic E-state index is 0.0173. The van der Waals surface area contributed by atoms with Gasteiger partial charge in [0.1, 0.15) is 5.75 Å². The van der Waals surface area contributed by atoms with Crippen LogP contribution in [0.5, 0.6) is 5.75 Å². The smallest absolute Gasteiger partial charge is 0.265 e. The first-order valence-electron chi connectivity index (χ1n) is 8.33. The molecule has 2 amide bonds. The SMILES string of the molecule is CCN1C(=O)COc2cc3c(cc21)NC(=O)CC3c1ccc(Cl)c(Cl)c1. The van der Waals surface area contributed by atoms with Gasteiger partial charge in [0, 0.05) is 24.6 Å². The van der Waals surface area contributed by atoms with Gasteiger partial charge in [0.05, 0.1) is 15.7 Å². The second kappa shape index (κ2) is 6.49. The summed E-state index contributed by atoms with van der Waals surface area (Å²) in [5, 5.41) is 3.83. The first-order chi connectivity index (χ1) is 12.5. The Balaban J connectivity index is 1.84. The Morgan fingerprint density at radius 1 is 1.19 bits per heavy atom. The van der Waals surface area contributed by atoms with E-state index in [1.54, 1.807) is 17.0 Å². The summed E-state index contributed by atoms with van der Waals surface area (Å²) in [5.74, 6) is 0.310. The quantitative estimate of drug-likeness (QED) is 0.834. The summed E-state index contributed by atoms with van der Waals surface area (Å²) >= 11 is 12.2. The molecule has 0 spiro atoms. The number of ether oxygens (including phenoxy) is 1. The van der Waals surface area contributed by atoms with E-state index >= 15 is 0 Å². The zero-order valence-corrected chi connectivity index (χ0v) is 15.5. The van der Waals surface area contributed by atoms with Crippen molar-refractivity contribution in [2.45, 2.75) is 19.3 Å².